The quantitative estimate of drug-likeness (QED) is 0.756. The molecule has 0 spiro atoms. The van der Waals surface area contributed by atoms with Crippen LogP contribution < -0.4 is 4.90 Å². The number of nitrogens with zero attached hydrogens (tertiary/aromatic N) is 4. The molecule has 22 heavy (non-hydrogen) atoms. The molecule has 6 heteroatoms. The van der Waals surface area contributed by atoms with Crippen molar-refractivity contribution < 1.29 is 4.79 Å². The highest BCUT2D eigenvalue weighted by Crippen LogP contribution is 2.31. The van der Waals surface area contributed by atoms with Crippen LogP contribution in [0.2, 0.25) is 0 Å². The Morgan fingerprint density at radius 1 is 1.45 bits per heavy atom. The summed E-state index contributed by atoms with van der Waals surface area (Å²) in [7, 11) is 0. The lowest BCUT2D eigenvalue weighted by atomic mass is 10.2. The van der Waals surface area contributed by atoms with E-state index in [0.29, 0.717) is 19.9 Å². The van der Waals surface area contributed by atoms with Crippen LogP contribution in [0.1, 0.15) is 25.1 Å². The van der Waals surface area contributed by atoms with Gasteiger partial charge in [0.15, 0.2) is 0 Å². The molecule has 0 bridgehead atoms. The highest BCUT2D eigenvalue weighted by Gasteiger charge is 2.32. The zero-order valence-corrected chi connectivity index (χ0v) is 14.4. The Morgan fingerprint density at radius 3 is 2.73 bits per heavy atom. The van der Waals surface area contributed by atoms with Crippen LogP contribution in [-0.4, -0.2) is 46.6 Å². The number of urea groups is 1. The van der Waals surface area contributed by atoms with Crippen molar-refractivity contribution >= 4 is 22.6 Å². The van der Waals surface area contributed by atoms with Gasteiger partial charge in [-0.25, -0.2) is 4.79 Å². The molecule has 0 aliphatic carbocycles. The highest BCUT2D eigenvalue weighted by atomic mass is 32.1. The Labute approximate surface area is 136 Å². The number of carbonyl (C=O) groups is 1. The second kappa shape index (κ2) is 7.07. The maximum atomic E-state index is 12.8. The van der Waals surface area contributed by atoms with E-state index >= 15 is 0 Å². The zero-order chi connectivity index (χ0) is 16.3. The molecular formula is C16H24N4OS. The summed E-state index contributed by atoms with van der Waals surface area (Å²) in [5, 5.41) is 0.947. The van der Waals surface area contributed by atoms with E-state index in [1.807, 2.05) is 29.7 Å². The fraction of sp³-hybridized carbons (Fsp3) is 0.500. The van der Waals surface area contributed by atoms with Crippen LogP contribution in [0.5, 0.6) is 0 Å². The highest BCUT2D eigenvalue weighted by molar-refractivity contribution is 7.10. The van der Waals surface area contributed by atoms with E-state index in [-0.39, 0.29) is 6.03 Å². The van der Waals surface area contributed by atoms with Gasteiger partial charge in [-0.2, -0.15) is 4.37 Å². The molecule has 0 N–H and O–H groups in total. The van der Waals surface area contributed by atoms with Gasteiger partial charge in [-0.15, -0.1) is 6.58 Å². The van der Waals surface area contributed by atoms with E-state index in [4.69, 9.17) is 0 Å². The SMILES string of the molecule is C=CCN1CN(CC(=C)C)C(=O)N(c2snc(CC)c2C)C1. The first-order valence-electron chi connectivity index (χ1n) is 7.47. The van der Waals surface area contributed by atoms with Crippen LogP contribution in [0.15, 0.2) is 24.8 Å². The van der Waals surface area contributed by atoms with Crippen molar-refractivity contribution in [3.05, 3.63) is 36.1 Å². The van der Waals surface area contributed by atoms with E-state index in [1.54, 1.807) is 0 Å². The molecule has 120 valence electrons. The van der Waals surface area contributed by atoms with Gasteiger partial charge in [-0.1, -0.05) is 25.2 Å². The first-order chi connectivity index (χ1) is 10.5. The van der Waals surface area contributed by atoms with Crippen molar-refractivity contribution in [1.29, 1.82) is 0 Å². The number of amides is 2. The molecule has 1 aromatic rings. The number of aromatic nitrogens is 1. The zero-order valence-electron chi connectivity index (χ0n) is 13.6. The minimum Gasteiger partial charge on any atom is -0.307 e. The van der Waals surface area contributed by atoms with Gasteiger partial charge >= 0.3 is 6.03 Å². The van der Waals surface area contributed by atoms with Crippen LogP contribution in [0.25, 0.3) is 0 Å². The topological polar surface area (TPSA) is 39.7 Å². The molecule has 2 rings (SSSR count). The molecule has 0 saturated carbocycles. The van der Waals surface area contributed by atoms with E-state index in [0.717, 1.165) is 34.8 Å². The van der Waals surface area contributed by atoms with E-state index in [1.165, 1.54) is 11.5 Å². The van der Waals surface area contributed by atoms with Gasteiger partial charge in [-0.3, -0.25) is 9.80 Å². The third kappa shape index (κ3) is 3.39. The summed E-state index contributed by atoms with van der Waals surface area (Å²) in [5.41, 5.74) is 3.15. The number of hydrogen-bond acceptors (Lipinski definition) is 4. The summed E-state index contributed by atoms with van der Waals surface area (Å²) >= 11 is 1.41. The molecular weight excluding hydrogens is 296 g/mol. The second-order valence-electron chi connectivity index (χ2n) is 5.70. The minimum atomic E-state index is 0.0257. The van der Waals surface area contributed by atoms with Crippen molar-refractivity contribution in [1.82, 2.24) is 14.2 Å². The molecule has 0 radical (unpaired) electrons. The average Bonchev–Trinajstić information content (AvgIpc) is 2.83. The lowest BCUT2D eigenvalue weighted by molar-refractivity contribution is 0.129. The molecule has 1 saturated heterocycles. The maximum Gasteiger partial charge on any atom is 0.327 e. The van der Waals surface area contributed by atoms with Crippen LogP contribution >= 0.6 is 11.5 Å². The molecule has 1 fully saturated rings. The predicted molar refractivity (Wildman–Crippen MR) is 92.3 cm³/mol. The van der Waals surface area contributed by atoms with Gasteiger partial charge in [-0.05, 0) is 31.8 Å². The van der Waals surface area contributed by atoms with E-state index in [2.05, 4.69) is 29.4 Å². The third-order valence-electron chi connectivity index (χ3n) is 3.64. The molecule has 1 aliphatic rings. The van der Waals surface area contributed by atoms with Crippen LogP contribution in [0.3, 0.4) is 0 Å². The van der Waals surface area contributed by atoms with Crippen molar-refractivity contribution in [3.63, 3.8) is 0 Å². The van der Waals surface area contributed by atoms with Crippen molar-refractivity contribution in [2.75, 3.05) is 31.3 Å². The van der Waals surface area contributed by atoms with Gasteiger partial charge in [0.05, 0.1) is 19.0 Å². The third-order valence-corrected chi connectivity index (χ3v) is 4.65. The van der Waals surface area contributed by atoms with Crippen LogP contribution in [0.4, 0.5) is 9.80 Å². The van der Waals surface area contributed by atoms with Gasteiger partial charge in [0.1, 0.15) is 5.00 Å². The Balaban J connectivity index is 2.30. The monoisotopic (exact) mass is 320 g/mol. The Kier molecular flexibility index (Phi) is 5.37. The van der Waals surface area contributed by atoms with Gasteiger partial charge in [0.25, 0.3) is 0 Å². The molecule has 0 atom stereocenters. The maximum absolute atomic E-state index is 12.8. The molecule has 1 aromatic heterocycles. The lowest BCUT2D eigenvalue weighted by Gasteiger charge is -2.41. The Bertz CT molecular complexity index is 581. The molecule has 0 unspecified atom stereocenters. The molecule has 2 amide bonds. The largest absolute Gasteiger partial charge is 0.327 e. The fourth-order valence-corrected chi connectivity index (χ4v) is 3.56. The number of rotatable bonds is 6. The summed E-state index contributed by atoms with van der Waals surface area (Å²) in [6.45, 7) is 16.3. The van der Waals surface area contributed by atoms with Crippen LogP contribution in [0, 0.1) is 6.92 Å². The predicted octanol–water partition coefficient (Wildman–Crippen LogP) is 3.24. The summed E-state index contributed by atoms with van der Waals surface area (Å²) in [6.07, 6.45) is 2.75. The fourth-order valence-electron chi connectivity index (χ4n) is 2.61. The van der Waals surface area contributed by atoms with E-state index in [9.17, 15) is 4.79 Å². The van der Waals surface area contributed by atoms with Gasteiger partial charge in [0.2, 0.25) is 0 Å². The second-order valence-corrected chi connectivity index (χ2v) is 6.46. The first-order valence-corrected chi connectivity index (χ1v) is 8.24. The summed E-state index contributed by atoms with van der Waals surface area (Å²) in [4.78, 5) is 18.6. The summed E-state index contributed by atoms with van der Waals surface area (Å²) < 4.78 is 4.47. The standard InChI is InChI=1S/C16H24N4OS/c1-6-8-18-10-19(9-12(3)4)16(21)20(11-18)15-13(5)14(7-2)17-22-15/h6H,1,3,7-11H2,2,4-5H3. The Hall–Kier alpha value is -1.66. The van der Waals surface area contributed by atoms with E-state index < -0.39 is 0 Å². The molecule has 5 nitrogen and oxygen atoms in total. The minimum absolute atomic E-state index is 0.0257. The number of aryl methyl sites for hydroxylation is 1. The molecule has 2 heterocycles. The van der Waals surface area contributed by atoms with Crippen LogP contribution in [-0.2, 0) is 6.42 Å². The lowest BCUT2D eigenvalue weighted by Crippen LogP contribution is -2.58. The summed E-state index contributed by atoms with van der Waals surface area (Å²) in [6, 6.07) is 0.0257. The van der Waals surface area contributed by atoms with Gasteiger partial charge < -0.3 is 4.90 Å². The number of carbonyl (C=O) groups excluding carboxylic acids is 1. The van der Waals surface area contributed by atoms with Crippen molar-refractivity contribution in [2.45, 2.75) is 27.2 Å². The summed E-state index contributed by atoms with van der Waals surface area (Å²) in [5.74, 6) is 0. The van der Waals surface area contributed by atoms with Gasteiger partial charge in [0, 0.05) is 18.7 Å². The molecule has 1 aliphatic heterocycles. The first kappa shape index (κ1) is 16.7. The average molecular weight is 320 g/mol. The van der Waals surface area contributed by atoms with Crippen molar-refractivity contribution in [2.24, 2.45) is 0 Å². The Morgan fingerprint density at radius 2 is 2.18 bits per heavy atom. The normalized spacial score (nSPS) is 16.2. The molecule has 0 aromatic carbocycles. The number of hydrogen-bond donors (Lipinski definition) is 0. The number of anilines is 1. The smallest absolute Gasteiger partial charge is 0.307 e. The van der Waals surface area contributed by atoms with Crippen molar-refractivity contribution in [3.8, 4) is 0 Å².